The second-order valence-corrected chi connectivity index (χ2v) is 9.21. The van der Waals surface area contributed by atoms with Crippen LogP contribution in [0.15, 0.2) is 0 Å². The van der Waals surface area contributed by atoms with E-state index in [1.807, 2.05) is 0 Å². The number of carbonyl (C=O) groups excluding carboxylic acids is 2. The van der Waals surface area contributed by atoms with Crippen LogP contribution in [0.25, 0.3) is 0 Å². The molecule has 0 aromatic heterocycles. The van der Waals surface area contributed by atoms with Crippen molar-refractivity contribution in [2.75, 3.05) is 25.6 Å². The fourth-order valence-corrected chi connectivity index (χ4v) is 4.77. The van der Waals surface area contributed by atoms with Crippen molar-refractivity contribution in [1.82, 2.24) is 9.80 Å². The number of hydrogen-bond acceptors (Lipinski definition) is 6. The molecule has 20 heavy (non-hydrogen) atoms. The average molecular weight is 326 g/mol. The largest absolute Gasteiger partial charge is 0.318 e. The van der Waals surface area contributed by atoms with Crippen LogP contribution in [0.4, 0.5) is 0 Å². The number of carbonyl (C=O) groups is 2. The molecule has 0 radical (unpaired) electrons. The van der Waals surface area contributed by atoms with Gasteiger partial charge in [-0.2, -0.15) is 0 Å². The van der Waals surface area contributed by atoms with Gasteiger partial charge in [0.1, 0.15) is 0 Å². The number of nitrogens with zero attached hydrogens (tertiary/aromatic N) is 2. The average Bonchev–Trinajstić information content (AvgIpc) is 2.36. The van der Waals surface area contributed by atoms with E-state index < -0.39 is 42.2 Å². The summed E-state index contributed by atoms with van der Waals surface area (Å²) in [6.07, 6.45) is 0. The van der Waals surface area contributed by atoms with Crippen molar-refractivity contribution < 1.29 is 26.4 Å². The number of piperazine rings is 1. The summed E-state index contributed by atoms with van der Waals surface area (Å²) in [6.45, 7) is 2.71. The van der Waals surface area contributed by atoms with Crippen molar-refractivity contribution in [1.29, 1.82) is 0 Å². The van der Waals surface area contributed by atoms with Gasteiger partial charge in [-0.1, -0.05) is 13.8 Å². The number of hydrogen-bond donors (Lipinski definition) is 0. The van der Waals surface area contributed by atoms with E-state index in [0.717, 1.165) is 14.1 Å². The van der Waals surface area contributed by atoms with Crippen LogP contribution in [0.1, 0.15) is 13.8 Å². The molecule has 2 atom stereocenters. The summed E-state index contributed by atoms with van der Waals surface area (Å²) < 4.78 is 47.6. The first-order valence-electron chi connectivity index (χ1n) is 5.97. The maximum atomic E-state index is 12.1. The maximum Gasteiger partial charge on any atom is 0.262 e. The summed E-state index contributed by atoms with van der Waals surface area (Å²) in [4.78, 5) is 25.7. The Kier molecular flexibility index (Phi) is 4.49. The van der Waals surface area contributed by atoms with Crippen LogP contribution in [0.5, 0.6) is 0 Å². The predicted molar refractivity (Wildman–Crippen MR) is 72.0 cm³/mol. The monoisotopic (exact) mass is 326 g/mol. The molecule has 10 heteroatoms. The van der Waals surface area contributed by atoms with Crippen molar-refractivity contribution in [3.05, 3.63) is 0 Å². The molecule has 1 aliphatic heterocycles. The van der Waals surface area contributed by atoms with Crippen LogP contribution in [0, 0.1) is 0 Å². The van der Waals surface area contributed by atoms with Crippen molar-refractivity contribution in [2.45, 2.75) is 24.6 Å². The summed E-state index contributed by atoms with van der Waals surface area (Å²) in [6, 6.07) is 0. The minimum absolute atomic E-state index is 0.319. The summed E-state index contributed by atoms with van der Waals surface area (Å²) in [5.41, 5.74) is 0. The highest BCUT2D eigenvalue weighted by atomic mass is 32.2. The first-order valence-corrected chi connectivity index (χ1v) is 9.40. The lowest BCUT2D eigenvalue weighted by atomic mass is 10.3. The van der Waals surface area contributed by atoms with Gasteiger partial charge >= 0.3 is 0 Å². The molecule has 0 saturated carbocycles. The molecule has 0 N–H and O–H groups in total. The smallest absolute Gasteiger partial charge is 0.262 e. The molecule has 1 rings (SSSR count). The molecule has 0 bridgehead atoms. The lowest BCUT2D eigenvalue weighted by Gasteiger charge is -2.40. The Morgan fingerprint density at radius 2 is 1.05 bits per heavy atom. The van der Waals surface area contributed by atoms with Gasteiger partial charge in [-0.15, -0.1) is 0 Å². The van der Waals surface area contributed by atoms with Gasteiger partial charge < -0.3 is 9.80 Å². The molecular weight excluding hydrogens is 308 g/mol. The van der Waals surface area contributed by atoms with E-state index in [-0.39, 0.29) is 11.5 Å². The summed E-state index contributed by atoms with van der Waals surface area (Å²) in [5.74, 6) is -2.45. The van der Waals surface area contributed by atoms with E-state index >= 15 is 0 Å². The minimum atomic E-state index is -3.84. The van der Waals surface area contributed by atoms with E-state index in [1.54, 1.807) is 0 Å². The van der Waals surface area contributed by atoms with Gasteiger partial charge in [0, 0.05) is 14.1 Å². The van der Waals surface area contributed by atoms with Gasteiger partial charge in [0.15, 0.2) is 19.7 Å². The van der Waals surface area contributed by atoms with Crippen LogP contribution >= 0.6 is 0 Å². The van der Waals surface area contributed by atoms with Crippen molar-refractivity contribution in [2.24, 2.45) is 0 Å². The molecule has 1 fully saturated rings. The third-order valence-electron chi connectivity index (χ3n) is 3.31. The highest BCUT2D eigenvalue weighted by Gasteiger charge is 2.52. The molecule has 0 aromatic rings. The fourth-order valence-electron chi connectivity index (χ4n) is 2.02. The fraction of sp³-hybridized carbons (Fsp3) is 0.800. The zero-order valence-electron chi connectivity index (χ0n) is 11.7. The maximum absolute atomic E-state index is 12.1. The van der Waals surface area contributed by atoms with E-state index in [1.165, 1.54) is 13.8 Å². The Morgan fingerprint density at radius 1 is 0.800 bits per heavy atom. The molecule has 0 aliphatic carbocycles. The topological polar surface area (TPSA) is 109 Å². The van der Waals surface area contributed by atoms with Crippen LogP contribution in [0.2, 0.25) is 0 Å². The molecule has 8 nitrogen and oxygen atoms in total. The molecule has 116 valence electrons. The van der Waals surface area contributed by atoms with Crippen molar-refractivity contribution >= 4 is 31.5 Å². The van der Waals surface area contributed by atoms with Crippen LogP contribution in [-0.2, 0) is 29.3 Å². The zero-order chi connectivity index (χ0) is 15.9. The normalized spacial score (nSPS) is 25.2. The Bertz CT molecular complexity index is 568. The molecule has 1 heterocycles. The first kappa shape index (κ1) is 16.9. The summed E-state index contributed by atoms with van der Waals surface area (Å²) in [5, 5.41) is -3.32. The van der Waals surface area contributed by atoms with E-state index in [2.05, 4.69) is 0 Å². The lowest BCUT2D eigenvalue weighted by molar-refractivity contribution is -0.151. The molecule has 0 aromatic carbocycles. The second kappa shape index (κ2) is 5.32. The summed E-state index contributed by atoms with van der Waals surface area (Å²) >= 11 is 0. The molecule has 0 unspecified atom stereocenters. The second-order valence-electron chi connectivity index (χ2n) is 4.51. The van der Waals surface area contributed by atoms with Gasteiger partial charge in [-0.3, -0.25) is 9.59 Å². The van der Waals surface area contributed by atoms with Crippen LogP contribution in [0.3, 0.4) is 0 Å². The number of likely N-dealkylation sites (N-methyl/N-ethyl adjacent to an activating group) is 2. The molecule has 1 aliphatic rings. The number of rotatable bonds is 4. The van der Waals surface area contributed by atoms with E-state index in [0.29, 0.717) is 9.80 Å². The Balaban J connectivity index is 3.37. The molecule has 2 amide bonds. The van der Waals surface area contributed by atoms with Crippen molar-refractivity contribution in [3.63, 3.8) is 0 Å². The van der Waals surface area contributed by atoms with Gasteiger partial charge in [-0.05, 0) is 0 Å². The van der Waals surface area contributed by atoms with Gasteiger partial charge in [0.25, 0.3) is 11.8 Å². The molecule has 0 spiro atoms. The zero-order valence-corrected chi connectivity index (χ0v) is 13.4. The standard InChI is InChI=1S/C10H18N2O6S2/c1-5-19(15,16)9-7(13)12(4)10(8(14)11(9)3)20(17,18)6-2/h9-10H,5-6H2,1-4H3/t9-,10-/m1/s1. The third-order valence-corrected chi connectivity index (χ3v) is 7.31. The SMILES string of the molecule is CCS(=O)(=O)[C@@H]1C(=O)N(C)[C@H](S(=O)(=O)CC)C(=O)N1C. The van der Waals surface area contributed by atoms with Gasteiger partial charge in [-0.25, -0.2) is 16.8 Å². The van der Waals surface area contributed by atoms with E-state index in [9.17, 15) is 26.4 Å². The highest BCUT2D eigenvalue weighted by Crippen LogP contribution is 2.23. The quantitative estimate of drug-likeness (QED) is 0.618. The highest BCUT2D eigenvalue weighted by molar-refractivity contribution is 7.93. The van der Waals surface area contributed by atoms with Crippen LogP contribution in [-0.4, -0.2) is 74.8 Å². The molecular formula is C10H18N2O6S2. The van der Waals surface area contributed by atoms with Crippen LogP contribution < -0.4 is 0 Å². The first-order chi connectivity index (χ1) is 9.01. The Hall–Kier alpha value is -1.16. The van der Waals surface area contributed by atoms with E-state index in [4.69, 9.17) is 0 Å². The van der Waals surface area contributed by atoms with Gasteiger partial charge in [0.2, 0.25) is 10.7 Å². The number of sulfone groups is 2. The minimum Gasteiger partial charge on any atom is -0.318 e. The number of amides is 2. The summed E-state index contributed by atoms with van der Waals surface area (Å²) in [7, 11) is -5.43. The lowest BCUT2D eigenvalue weighted by Crippen LogP contribution is -2.66. The van der Waals surface area contributed by atoms with Gasteiger partial charge in [0.05, 0.1) is 11.5 Å². The van der Waals surface area contributed by atoms with Crippen molar-refractivity contribution in [3.8, 4) is 0 Å². The Morgan fingerprint density at radius 3 is 1.25 bits per heavy atom. The molecule has 1 saturated heterocycles. The predicted octanol–water partition coefficient (Wildman–Crippen LogP) is -1.56. The Labute approximate surface area is 118 Å². The third kappa shape index (κ3) is 2.53.